The van der Waals surface area contributed by atoms with Gasteiger partial charge in [0.15, 0.2) is 17.7 Å². The highest BCUT2D eigenvalue weighted by Gasteiger charge is 2.08. The van der Waals surface area contributed by atoms with Crippen molar-refractivity contribution in [3.05, 3.63) is 29.6 Å². The summed E-state index contributed by atoms with van der Waals surface area (Å²) >= 11 is 0. The number of nitrogens with zero attached hydrogens (tertiary/aromatic N) is 1. The number of aromatic hydroxyl groups is 1. The molecular weight excluding hydrogens is 161 g/mol. The molecule has 3 nitrogen and oxygen atoms in total. The van der Waals surface area contributed by atoms with Crippen LogP contribution in [0.1, 0.15) is 11.7 Å². The van der Waals surface area contributed by atoms with Crippen molar-refractivity contribution in [2.45, 2.75) is 6.10 Å². The first-order chi connectivity index (χ1) is 5.65. The minimum Gasteiger partial charge on any atom is -0.505 e. The molecule has 0 aliphatic carbocycles. The minimum atomic E-state index is -1.35. The van der Waals surface area contributed by atoms with E-state index >= 15 is 0 Å². The van der Waals surface area contributed by atoms with Crippen molar-refractivity contribution in [3.63, 3.8) is 0 Å². The van der Waals surface area contributed by atoms with Crippen LogP contribution in [0.25, 0.3) is 0 Å². The monoisotopic (exact) mass is 167 g/mol. The second-order valence-corrected chi connectivity index (χ2v) is 2.24. The van der Waals surface area contributed by atoms with Crippen molar-refractivity contribution in [1.82, 2.24) is 0 Å². The summed E-state index contributed by atoms with van der Waals surface area (Å²) in [5, 5.41) is 26.0. The molecule has 4 heteroatoms. The summed E-state index contributed by atoms with van der Waals surface area (Å²) in [7, 11) is 0. The van der Waals surface area contributed by atoms with Crippen LogP contribution in [-0.2, 0) is 0 Å². The lowest BCUT2D eigenvalue weighted by atomic mass is 10.1. The topological polar surface area (TPSA) is 64.2 Å². The third-order valence-corrected chi connectivity index (χ3v) is 1.41. The van der Waals surface area contributed by atoms with Crippen LogP contribution in [0, 0.1) is 17.1 Å². The average molecular weight is 167 g/mol. The number of hydrogen-bond donors (Lipinski definition) is 2. The summed E-state index contributed by atoms with van der Waals surface area (Å²) in [6, 6.07) is 4.83. The quantitative estimate of drug-likeness (QED) is 0.615. The van der Waals surface area contributed by atoms with Gasteiger partial charge in [-0.05, 0) is 17.7 Å². The molecule has 1 rings (SSSR count). The molecule has 2 N–H and O–H groups in total. The van der Waals surface area contributed by atoms with E-state index in [1.807, 2.05) is 0 Å². The van der Waals surface area contributed by atoms with Crippen LogP contribution < -0.4 is 0 Å². The van der Waals surface area contributed by atoms with Gasteiger partial charge in [0.1, 0.15) is 0 Å². The van der Waals surface area contributed by atoms with E-state index in [9.17, 15) is 4.39 Å². The van der Waals surface area contributed by atoms with Crippen LogP contribution in [0.4, 0.5) is 4.39 Å². The van der Waals surface area contributed by atoms with E-state index in [1.165, 1.54) is 12.1 Å². The van der Waals surface area contributed by atoms with Gasteiger partial charge in [-0.1, -0.05) is 6.07 Å². The molecule has 1 atom stereocenters. The highest BCUT2D eigenvalue weighted by Crippen LogP contribution is 2.20. The second-order valence-electron chi connectivity index (χ2n) is 2.24. The third-order valence-electron chi connectivity index (χ3n) is 1.41. The number of nitriles is 1. The second kappa shape index (κ2) is 3.20. The number of halogens is 1. The molecule has 0 bridgehead atoms. The van der Waals surface area contributed by atoms with Gasteiger partial charge in [-0.3, -0.25) is 0 Å². The number of aliphatic hydroxyl groups excluding tert-OH is 1. The van der Waals surface area contributed by atoms with Crippen molar-refractivity contribution in [1.29, 1.82) is 5.26 Å². The van der Waals surface area contributed by atoms with E-state index in [1.54, 1.807) is 0 Å². The zero-order valence-electron chi connectivity index (χ0n) is 6.03. The van der Waals surface area contributed by atoms with E-state index in [2.05, 4.69) is 0 Å². The summed E-state index contributed by atoms with van der Waals surface area (Å²) < 4.78 is 12.6. The molecule has 0 saturated carbocycles. The number of phenols is 1. The number of aliphatic hydroxyl groups is 1. The molecular formula is C8H6FNO2. The van der Waals surface area contributed by atoms with Gasteiger partial charge in [0.25, 0.3) is 0 Å². The Morgan fingerprint density at radius 3 is 2.67 bits per heavy atom. The van der Waals surface area contributed by atoms with Gasteiger partial charge in [0.2, 0.25) is 0 Å². The number of hydrogen-bond acceptors (Lipinski definition) is 3. The average Bonchev–Trinajstić information content (AvgIpc) is 2.08. The van der Waals surface area contributed by atoms with Gasteiger partial charge < -0.3 is 10.2 Å². The van der Waals surface area contributed by atoms with E-state index < -0.39 is 17.7 Å². The normalized spacial score (nSPS) is 12.1. The predicted octanol–water partition coefficient (Wildman–Crippen LogP) is 1.09. The Labute approximate surface area is 68.3 Å². The molecule has 0 aliphatic heterocycles. The molecule has 0 amide bonds. The molecule has 0 spiro atoms. The van der Waals surface area contributed by atoms with Gasteiger partial charge in [-0.25, -0.2) is 4.39 Å². The molecule has 1 aromatic carbocycles. The Balaban J connectivity index is 3.06. The highest BCUT2D eigenvalue weighted by atomic mass is 19.1. The molecule has 0 heterocycles. The Morgan fingerprint density at radius 2 is 2.17 bits per heavy atom. The zero-order valence-corrected chi connectivity index (χ0v) is 6.03. The number of rotatable bonds is 1. The molecule has 0 aliphatic rings. The maximum atomic E-state index is 12.6. The lowest BCUT2D eigenvalue weighted by Gasteiger charge is -2.02. The fourth-order valence-electron chi connectivity index (χ4n) is 0.768. The standard InChI is InChI=1S/C8H6FNO2/c9-6-3-5(8(12)4-10)1-2-7(6)11/h1-3,8,11-12H. The summed E-state index contributed by atoms with van der Waals surface area (Å²) in [5.41, 5.74) is 0.132. The highest BCUT2D eigenvalue weighted by molar-refractivity contribution is 5.31. The SMILES string of the molecule is N#CC(O)c1ccc(O)c(F)c1. The van der Waals surface area contributed by atoms with Gasteiger partial charge in [0.05, 0.1) is 6.07 Å². The summed E-state index contributed by atoms with van der Waals surface area (Å²) in [5.74, 6) is -1.34. The fraction of sp³-hybridized carbons (Fsp3) is 0.125. The predicted molar refractivity (Wildman–Crippen MR) is 38.6 cm³/mol. The van der Waals surface area contributed by atoms with Crippen LogP contribution in [0.5, 0.6) is 5.75 Å². The largest absolute Gasteiger partial charge is 0.505 e. The first-order valence-corrected chi connectivity index (χ1v) is 3.21. The Hall–Kier alpha value is -1.60. The molecule has 62 valence electrons. The molecule has 0 aromatic heterocycles. The van der Waals surface area contributed by atoms with Crippen LogP contribution in [-0.4, -0.2) is 10.2 Å². The summed E-state index contributed by atoms with van der Waals surface area (Å²) in [4.78, 5) is 0. The Morgan fingerprint density at radius 1 is 1.50 bits per heavy atom. The summed E-state index contributed by atoms with van der Waals surface area (Å²) in [6.45, 7) is 0. The lowest BCUT2D eigenvalue weighted by molar-refractivity contribution is 0.235. The van der Waals surface area contributed by atoms with Crippen molar-refractivity contribution >= 4 is 0 Å². The number of benzene rings is 1. The van der Waals surface area contributed by atoms with Crippen molar-refractivity contribution in [2.75, 3.05) is 0 Å². The molecule has 0 radical (unpaired) electrons. The van der Waals surface area contributed by atoms with E-state index in [-0.39, 0.29) is 5.56 Å². The first kappa shape index (κ1) is 8.50. The first-order valence-electron chi connectivity index (χ1n) is 3.21. The lowest BCUT2D eigenvalue weighted by Crippen LogP contribution is -1.93. The van der Waals surface area contributed by atoms with Gasteiger partial charge >= 0.3 is 0 Å². The smallest absolute Gasteiger partial charge is 0.166 e. The molecule has 1 aromatic rings. The van der Waals surface area contributed by atoms with Crippen molar-refractivity contribution < 1.29 is 14.6 Å². The maximum absolute atomic E-state index is 12.6. The third kappa shape index (κ3) is 1.52. The molecule has 12 heavy (non-hydrogen) atoms. The van der Waals surface area contributed by atoms with E-state index in [4.69, 9.17) is 15.5 Å². The Kier molecular flexibility index (Phi) is 2.26. The van der Waals surface area contributed by atoms with Gasteiger partial charge in [0, 0.05) is 0 Å². The number of phenolic OH excluding ortho intramolecular Hbond substituents is 1. The van der Waals surface area contributed by atoms with Gasteiger partial charge in [-0.15, -0.1) is 0 Å². The maximum Gasteiger partial charge on any atom is 0.166 e. The fourth-order valence-corrected chi connectivity index (χ4v) is 0.768. The van der Waals surface area contributed by atoms with Crippen LogP contribution >= 0.6 is 0 Å². The van der Waals surface area contributed by atoms with E-state index in [0.717, 1.165) is 12.1 Å². The van der Waals surface area contributed by atoms with Crippen LogP contribution in [0.3, 0.4) is 0 Å². The zero-order chi connectivity index (χ0) is 9.14. The molecule has 0 fully saturated rings. The van der Waals surface area contributed by atoms with Crippen molar-refractivity contribution in [2.24, 2.45) is 0 Å². The van der Waals surface area contributed by atoms with E-state index in [0.29, 0.717) is 0 Å². The molecule has 1 unspecified atom stereocenters. The van der Waals surface area contributed by atoms with Crippen molar-refractivity contribution in [3.8, 4) is 11.8 Å². The van der Waals surface area contributed by atoms with Gasteiger partial charge in [-0.2, -0.15) is 5.26 Å². The minimum absolute atomic E-state index is 0.132. The van der Waals surface area contributed by atoms with Crippen LogP contribution in [0.15, 0.2) is 18.2 Å². The molecule has 0 saturated heterocycles. The Bertz CT molecular complexity index is 332. The van der Waals surface area contributed by atoms with Crippen LogP contribution in [0.2, 0.25) is 0 Å². The summed E-state index contributed by atoms with van der Waals surface area (Å²) in [6.07, 6.45) is -1.35.